The number of carbonyl (C=O) groups excluding carboxylic acids is 2. The van der Waals surface area contributed by atoms with Crippen molar-refractivity contribution in [1.82, 2.24) is 9.88 Å². The summed E-state index contributed by atoms with van der Waals surface area (Å²) >= 11 is 0. The number of rotatable bonds is 3. The van der Waals surface area contributed by atoms with Gasteiger partial charge in [-0.05, 0) is 54.0 Å². The first-order chi connectivity index (χ1) is 14.7. The summed E-state index contributed by atoms with van der Waals surface area (Å²) in [5.41, 5.74) is 3.33. The van der Waals surface area contributed by atoms with Crippen molar-refractivity contribution in [3.63, 3.8) is 0 Å². The molecule has 1 aromatic heterocycles. The van der Waals surface area contributed by atoms with Crippen molar-refractivity contribution in [3.05, 3.63) is 70.6 Å². The van der Waals surface area contributed by atoms with Gasteiger partial charge >= 0.3 is 0 Å². The summed E-state index contributed by atoms with van der Waals surface area (Å²) in [7, 11) is 0. The lowest BCUT2D eigenvalue weighted by atomic mass is 9.84. The van der Waals surface area contributed by atoms with Gasteiger partial charge in [-0.25, -0.2) is 0 Å². The van der Waals surface area contributed by atoms with E-state index in [1.807, 2.05) is 31.2 Å². The molecule has 0 bridgehead atoms. The Morgan fingerprint density at radius 1 is 1.13 bits per heavy atom. The zero-order valence-electron chi connectivity index (χ0n) is 18.7. The fourth-order valence-electron chi connectivity index (χ4n) is 4.76. The monoisotopic (exact) mass is 418 g/mol. The van der Waals surface area contributed by atoms with Crippen molar-refractivity contribution in [3.8, 4) is 0 Å². The fraction of sp³-hybridized carbons (Fsp3) is 0.423. The normalized spacial score (nSPS) is 21.8. The first-order valence-corrected chi connectivity index (χ1v) is 11.0. The predicted octanol–water partition coefficient (Wildman–Crippen LogP) is 5.05. The predicted molar refractivity (Wildman–Crippen MR) is 121 cm³/mol. The van der Waals surface area contributed by atoms with Gasteiger partial charge in [0.05, 0.1) is 11.6 Å². The molecule has 4 rings (SSSR count). The van der Waals surface area contributed by atoms with Crippen LogP contribution in [0.3, 0.4) is 0 Å². The second kappa shape index (κ2) is 7.95. The minimum atomic E-state index is -0.616. The van der Waals surface area contributed by atoms with Crippen molar-refractivity contribution >= 4 is 17.4 Å². The van der Waals surface area contributed by atoms with Gasteiger partial charge in [-0.15, -0.1) is 0 Å². The average molecular weight is 419 g/mol. The summed E-state index contributed by atoms with van der Waals surface area (Å²) < 4.78 is 0. The number of carbonyl (C=O) groups is 2. The van der Waals surface area contributed by atoms with Gasteiger partial charge in [-0.1, -0.05) is 51.8 Å². The Morgan fingerprint density at radius 2 is 1.84 bits per heavy atom. The highest BCUT2D eigenvalue weighted by molar-refractivity contribution is 6.46. The third-order valence-electron chi connectivity index (χ3n) is 6.56. The minimum absolute atomic E-state index is 0.00830. The van der Waals surface area contributed by atoms with Crippen LogP contribution in [0.2, 0.25) is 0 Å². The molecule has 1 aromatic carbocycles. The van der Waals surface area contributed by atoms with Gasteiger partial charge in [0.15, 0.2) is 0 Å². The van der Waals surface area contributed by atoms with Gasteiger partial charge in [0, 0.05) is 24.0 Å². The minimum Gasteiger partial charge on any atom is -0.507 e. The number of hydrogen-bond donors (Lipinski definition) is 1. The maximum atomic E-state index is 13.2. The molecular formula is C26H30N2O3. The van der Waals surface area contributed by atoms with Gasteiger partial charge in [-0.3, -0.25) is 14.6 Å². The van der Waals surface area contributed by atoms with Crippen molar-refractivity contribution in [1.29, 1.82) is 0 Å². The molecule has 2 aliphatic rings. The molecule has 1 aliphatic heterocycles. The van der Waals surface area contributed by atoms with Gasteiger partial charge in [0.2, 0.25) is 0 Å². The van der Waals surface area contributed by atoms with E-state index in [0.717, 1.165) is 42.4 Å². The van der Waals surface area contributed by atoms with Crippen LogP contribution >= 0.6 is 0 Å². The molecule has 1 N–H and O–H groups in total. The molecule has 0 radical (unpaired) electrons. The largest absolute Gasteiger partial charge is 0.507 e. The smallest absolute Gasteiger partial charge is 0.295 e. The number of ketones is 1. The third-order valence-corrected chi connectivity index (χ3v) is 6.56. The van der Waals surface area contributed by atoms with Crippen LogP contribution < -0.4 is 0 Å². The van der Waals surface area contributed by atoms with E-state index in [2.05, 4.69) is 25.8 Å². The van der Waals surface area contributed by atoms with E-state index in [0.29, 0.717) is 5.56 Å². The zero-order valence-corrected chi connectivity index (χ0v) is 18.7. The molecule has 1 saturated heterocycles. The molecule has 1 saturated carbocycles. The molecule has 2 heterocycles. The maximum Gasteiger partial charge on any atom is 0.295 e. The first kappa shape index (κ1) is 21.3. The van der Waals surface area contributed by atoms with Crippen LogP contribution in [0.4, 0.5) is 0 Å². The lowest BCUT2D eigenvalue weighted by Gasteiger charge is -2.30. The summed E-state index contributed by atoms with van der Waals surface area (Å²) in [5, 5.41) is 11.4. The Balaban J connectivity index is 1.91. The third kappa shape index (κ3) is 3.78. The Kier molecular flexibility index (Phi) is 5.46. The van der Waals surface area contributed by atoms with E-state index in [4.69, 9.17) is 0 Å². The molecule has 5 heteroatoms. The Morgan fingerprint density at radius 3 is 2.45 bits per heavy atom. The van der Waals surface area contributed by atoms with E-state index in [1.165, 1.54) is 0 Å². The maximum absolute atomic E-state index is 13.2. The summed E-state index contributed by atoms with van der Waals surface area (Å²) in [6.45, 7) is 8.23. The standard InChI is InChI=1S/C26H30N2O3/c1-16-11-12-18(26(2,3)4)14-20(16)23(29)21-22(17-8-7-13-27-15-17)28(25(31)24(21)30)19-9-5-6-10-19/h7-8,11-15,19,22,29H,5-6,9-10H2,1-4H3/b23-21+. The van der Waals surface area contributed by atoms with Crippen LogP contribution in [0.25, 0.3) is 5.76 Å². The lowest BCUT2D eigenvalue weighted by Crippen LogP contribution is -2.37. The molecule has 5 nitrogen and oxygen atoms in total. The first-order valence-electron chi connectivity index (χ1n) is 11.0. The molecule has 2 fully saturated rings. The van der Waals surface area contributed by atoms with E-state index in [1.54, 1.807) is 23.4 Å². The number of nitrogens with zero attached hydrogens (tertiary/aromatic N) is 2. The van der Waals surface area contributed by atoms with Crippen molar-refractivity contribution in [2.75, 3.05) is 0 Å². The molecule has 1 unspecified atom stereocenters. The van der Waals surface area contributed by atoms with Gasteiger partial charge in [-0.2, -0.15) is 0 Å². The zero-order chi connectivity index (χ0) is 22.3. The number of hydrogen-bond acceptors (Lipinski definition) is 4. The number of benzene rings is 1. The van der Waals surface area contributed by atoms with Crippen LogP contribution in [-0.2, 0) is 15.0 Å². The SMILES string of the molecule is Cc1ccc(C(C)(C)C)cc1/C(O)=C1\C(=O)C(=O)N(C2CCCC2)C1c1cccnc1. The van der Waals surface area contributed by atoms with Gasteiger partial charge in [0.25, 0.3) is 11.7 Å². The molecule has 2 aromatic rings. The van der Waals surface area contributed by atoms with Crippen LogP contribution in [0.15, 0.2) is 48.3 Å². The van der Waals surface area contributed by atoms with Crippen LogP contribution in [0, 0.1) is 6.92 Å². The summed E-state index contributed by atoms with van der Waals surface area (Å²) in [6.07, 6.45) is 7.19. The summed E-state index contributed by atoms with van der Waals surface area (Å²) in [4.78, 5) is 32.3. The Bertz CT molecular complexity index is 1040. The van der Waals surface area contributed by atoms with Crippen LogP contribution in [-0.4, -0.2) is 32.7 Å². The molecule has 31 heavy (non-hydrogen) atoms. The second-order valence-corrected chi connectivity index (χ2v) is 9.71. The van der Waals surface area contributed by atoms with Crippen molar-refractivity contribution in [2.24, 2.45) is 0 Å². The lowest BCUT2D eigenvalue weighted by molar-refractivity contribution is -0.141. The number of aryl methyl sites for hydroxylation is 1. The summed E-state index contributed by atoms with van der Waals surface area (Å²) in [5.74, 6) is -1.23. The van der Waals surface area contributed by atoms with E-state index < -0.39 is 17.7 Å². The Hall–Kier alpha value is -2.95. The molecule has 1 aliphatic carbocycles. The van der Waals surface area contributed by atoms with Gasteiger partial charge < -0.3 is 10.0 Å². The van der Waals surface area contributed by atoms with Crippen molar-refractivity contribution in [2.45, 2.75) is 70.9 Å². The Labute approximate surface area is 183 Å². The highest BCUT2D eigenvalue weighted by atomic mass is 16.3. The number of aliphatic hydroxyl groups is 1. The summed E-state index contributed by atoms with van der Waals surface area (Å²) in [6, 6.07) is 9.01. The van der Waals surface area contributed by atoms with E-state index in [-0.39, 0.29) is 22.8 Å². The molecule has 0 spiro atoms. The number of aliphatic hydroxyl groups excluding tert-OH is 1. The molecular weight excluding hydrogens is 388 g/mol. The topological polar surface area (TPSA) is 70.5 Å². The highest BCUT2D eigenvalue weighted by Crippen LogP contribution is 2.43. The number of likely N-dealkylation sites (tertiary alicyclic amines) is 1. The molecule has 1 atom stereocenters. The highest BCUT2D eigenvalue weighted by Gasteiger charge is 2.49. The molecule has 1 amide bonds. The average Bonchev–Trinajstić information content (AvgIpc) is 3.35. The fourth-order valence-corrected chi connectivity index (χ4v) is 4.76. The second-order valence-electron chi connectivity index (χ2n) is 9.71. The van der Waals surface area contributed by atoms with Crippen LogP contribution in [0.5, 0.6) is 0 Å². The van der Waals surface area contributed by atoms with E-state index in [9.17, 15) is 14.7 Å². The quantitative estimate of drug-likeness (QED) is 0.430. The number of pyridine rings is 1. The van der Waals surface area contributed by atoms with Gasteiger partial charge in [0.1, 0.15) is 5.76 Å². The molecule has 162 valence electrons. The van der Waals surface area contributed by atoms with E-state index >= 15 is 0 Å². The number of Topliss-reactive ketones (excluding diaryl/α,β-unsaturated/α-hetero) is 1. The number of aromatic nitrogens is 1. The number of amides is 1. The van der Waals surface area contributed by atoms with Crippen LogP contribution in [0.1, 0.15) is 74.8 Å². The van der Waals surface area contributed by atoms with Crippen molar-refractivity contribution < 1.29 is 14.7 Å².